The minimum Gasteiger partial charge on any atom is -0.381 e. The largest absolute Gasteiger partial charge is 0.381 e. The van der Waals surface area contributed by atoms with Gasteiger partial charge in [0, 0.05) is 28.8 Å². The Balaban J connectivity index is 2.15. The van der Waals surface area contributed by atoms with E-state index in [9.17, 15) is 10.1 Å². The van der Waals surface area contributed by atoms with Crippen molar-refractivity contribution in [2.75, 3.05) is 5.32 Å². The zero-order chi connectivity index (χ0) is 14.7. The molecule has 0 spiro atoms. The second-order valence-corrected chi connectivity index (χ2v) is 5.62. The Kier molecular flexibility index (Phi) is 4.62. The Hall–Kier alpha value is -1.59. The van der Waals surface area contributed by atoms with Gasteiger partial charge in [-0.3, -0.25) is 10.1 Å². The number of anilines is 1. The van der Waals surface area contributed by atoms with Crippen molar-refractivity contribution < 1.29 is 4.92 Å². The summed E-state index contributed by atoms with van der Waals surface area (Å²) in [5, 5.41) is 14.6. The molecule has 0 aliphatic carbocycles. The van der Waals surface area contributed by atoms with E-state index in [-0.39, 0.29) is 5.69 Å². The Morgan fingerprint density at radius 2 is 2.05 bits per heavy atom. The van der Waals surface area contributed by atoms with Gasteiger partial charge in [-0.2, -0.15) is 0 Å². The van der Waals surface area contributed by atoms with Crippen LogP contribution in [0.25, 0.3) is 0 Å². The van der Waals surface area contributed by atoms with E-state index in [1.807, 2.05) is 25.1 Å². The lowest BCUT2D eigenvalue weighted by Gasteiger charge is -2.10. The topological polar surface area (TPSA) is 55.2 Å². The van der Waals surface area contributed by atoms with Crippen molar-refractivity contribution in [3.63, 3.8) is 0 Å². The van der Waals surface area contributed by atoms with Gasteiger partial charge in [-0.1, -0.05) is 23.7 Å². The van der Waals surface area contributed by atoms with Crippen LogP contribution in [0.1, 0.15) is 11.1 Å². The van der Waals surface area contributed by atoms with Crippen LogP contribution in [-0.4, -0.2) is 4.92 Å². The van der Waals surface area contributed by atoms with Gasteiger partial charge in [0.1, 0.15) is 0 Å². The molecule has 0 unspecified atom stereocenters. The fourth-order valence-electron chi connectivity index (χ4n) is 1.76. The molecule has 0 aliphatic heterocycles. The average molecular weight is 356 g/mol. The molecule has 0 aromatic heterocycles. The molecule has 6 heteroatoms. The molecule has 0 aliphatic rings. The molecule has 2 rings (SSSR count). The van der Waals surface area contributed by atoms with Gasteiger partial charge >= 0.3 is 0 Å². The molecule has 2 aromatic carbocycles. The fourth-order valence-corrected chi connectivity index (χ4v) is 2.21. The van der Waals surface area contributed by atoms with Gasteiger partial charge in [0.25, 0.3) is 5.69 Å². The molecule has 20 heavy (non-hydrogen) atoms. The smallest absolute Gasteiger partial charge is 0.271 e. The van der Waals surface area contributed by atoms with Gasteiger partial charge in [-0.25, -0.2) is 0 Å². The third kappa shape index (κ3) is 3.49. The molecule has 104 valence electrons. The van der Waals surface area contributed by atoms with Gasteiger partial charge in [0.2, 0.25) is 0 Å². The number of benzene rings is 2. The summed E-state index contributed by atoms with van der Waals surface area (Å²) in [6.07, 6.45) is 0. The van der Waals surface area contributed by atoms with Crippen molar-refractivity contribution in [3.05, 3.63) is 67.1 Å². The van der Waals surface area contributed by atoms with Crippen LogP contribution in [0.2, 0.25) is 5.02 Å². The highest BCUT2D eigenvalue weighted by Crippen LogP contribution is 2.25. The molecule has 0 atom stereocenters. The van der Waals surface area contributed by atoms with Crippen LogP contribution in [0, 0.1) is 17.0 Å². The van der Waals surface area contributed by atoms with Crippen molar-refractivity contribution in [2.24, 2.45) is 0 Å². The molecule has 0 bridgehead atoms. The van der Waals surface area contributed by atoms with Crippen molar-refractivity contribution in [1.29, 1.82) is 0 Å². The van der Waals surface area contributed by atoms with Gasteiger partial charge in [0.05, 0.1) is 9.95 Å². The summed E-state index contributed by atoms with van der Waals surface area (Å²) in [7, 11) is 0. The van der Waals surface area contributed by atoms with Crippen molar-refractivity contribution in [3.8, 4) is 0 Å². The quantitative estimate of drug-likeness (QED) is 0.625. The molecule has 4 nitrogen and oxygen atoms in total. The third-order valence-corrected chi connectivity index (χ3v) is 4.13. The van der Waals surface area contributed by atoms with E-state index in [2.05, 4.69) is 21.2 Å². The number of non-ortho nitro benzene ring substituents is 1. The van der Waals surface area contributed by atoms with Gasteiger partial charge < -0.3 is 5.32 Å². The molecule has 0 amide bonds. The van der Waals surface area contributed by atoms with Gasteiger partial charge in [-0.15, -0.1) is 0 Å². The van der Waals surface area contributed by atoms with Crippen molar-refractivity contribution in [2.45, 2.75) is 13.5 Å². The Morgan fingerprint density at radius 3 is 2.70 bits per heavy atom. The number of hydrogen-bond donors (Lipinski definition) is 1. The van der Waals surface area contributed by atoms with Crippen LogP contribution in [-0.2, 0) is 6.54 Å². The number of rotatable bonds is 4. The lowest BCUT2D eigenvalue weighted by molar-refractivity contribution is -0.384. The first-order chi connectivity index (χ1) is 9.47. The predicted octanol–water partition coefficient (Wildman–Crippen LogP) is 4.93. The maximum atomic E-state index is 10.8. The molecule has 0 heterocycles. The molecule has 0 saturated carbocycles. The Bertz CT molecular complexity index is 662. The predicted molar refractivity (Wildman–Crippen MR) is 84.3 cm³/mol. The fraction of sp³-hybridized carbons (Fsp3) is 0.143. The summed E-state index contributed by atoms with van der Waals surface area (Å²) in [5.74, 6) is 0. The summed E-state index contributed by atoms with van der Waals surface area (Å²) in [5.41, 5.74) is 2.79. The van der Waals surface area contributed by atoms with E-state index in [0.717, 1.165) is 21.3 Å². The molecule has 1 N–H and O–H groups in total. The highest BCUT2D eigenvalue weighted by molar-refractivity contribution is 9.10. The Labute approximate surface area is 130 Å². The molecule has 0 saturated heterocycles. The zero-order valence-electron chi connectivity index (χ0n) is 10.7. The minimum atomic E-state index is -0.402. The number of nitrogens with zero attached hydrogens (tertiary/aromatic N) is 1. The number of halogens is 2. The number of hydrogen-bond acceptors (Lipinski definition) is 3. The zero-order valence-corrected chi connectivity index (χ0v) is 13.0. The third-order valence-electron chi connectivity index (χ3n) is 2.90. The highest BCUT2D eigenvalue weighted by Gasteiger charge is 2.08. The summed E-state index contributed by atoms with van der Waals surface area (Å²) in [4.78, 5) is 10.4. The van der Waals surface area contributed by atoms with Gasteiger partial charge in [-0.05, 0) is 46.1 Å². The van der Waals surface area contributed by atoms with Crippen LogP contribution >= 0.6 is 27.5 Å². The average Bonchev–Trinajstić information content (AvgIpc) is 2.41. The number of nitrogens with one attached hydrogen (secondary N) is 1. The van der Waals surface area contributed by atoms with E-state index in [4.69, 9.17) is 11.6 Å². The van der Waals surface area contributed by atoms with Crippen molar-refractivity contribution in [1.82, 2.24) is 0 Å². The lowest BCUT2D eigenvalue weighted by Crippen LogP contribution is -2.02. The van der Waals surface area contributed by atoms with E-state index in [0.29, 0.717) is 11.6 Å². The summed E-state index contributed by atoms with van der Waals surface area (Å²) in [6, 6.07) is 10.4. The second-order valence-electron chi connectivity index (χ2n) is 4.36. The van der Waals surface area contributed by atoms with Gasteiger partial charge in [0.15, 0.2) is 0 Å². The van der Waals surface area contributed by atoms with E-state index < -0.39 is 4.92 Å². The number of nitro benzene ring substituents is 1. The van der Waals surface area contributed by atoms with Crippen LogP contribution < -0.4 is 5.32 Å². The number of aryl methyl sites for hydroxylation is 1. The first kappa shape index (κ1) is 14.8. The van der Waals surface area contributed by atoms with E-state index in [1.165, 1.54) is 12.1 Å². The van der Waals surface area contributed by atoms with Crippen LogP contribution in [0.3, 0.4) is 0 Å². The lowest BCUT2D eigenvalue weighted by atomic mass is 10.1. The first-order valence-corrected chi connectivity index (χ1v) is 7.07. The van der Waals surface area contributed by atoms with E-state index >= 15 is 0 Å². The van der Waals surface area contributed by atoms with E-state index in [1.54, 1.807) is 6.07 Å². The SMILES string of the molecule is Cc1ccc([N+](=O)[O-])cc1NCc1ccc(Br)c(Cl)c1. The number of nitro groups is 1. The highest BCUT2D eigenvalue weighted by atomic mass is 79.9. The molecule has 2 aromatic rings. The minimum absolute atomic E-state index is 0.0759. The molecular formula is C14H12BrClN2O2. The summed E-state index contributed by atoms with van der Waals surface area (Å²) < 4.78 is 0.842. The van der Waals surface area contributed by atoms with Crippen LogP contribution in [0.5, 0.6) is 0 Å². The monoisotopic (exact) mass is 354 g/mol. The maximum absolute atomic E-state index is 10.8. The normalized spacial score (nSPS) is 10.3. The summed E-state index contributed by atoms with van der Waals surface area (Å²) in [6.45, 7) is 2.45. The molecule has 0 fully saturated rings. The van der Waals surface area contributed by atoms with Crippen LogP contribution in [0.4, 0.5) is 11.4 Å². The standard InChI is InChI=1S/C14H12BrClN2O2/c1-9-2-4-11(18(19)20)7-14(9)17-8-10-3-5-12(15)13(16)6-10/h2-7,17H,8H2,1H3. The second kappa shape index (κ2) is 6.24. The molecule has 0 radical (unpaired) electrons. The molecular weight excluding hydrogens is 344 g/mol. The first-order valence-electron chi connectivity index (χ1n) is 5.90. The summed E-state index contributed by atoms with van der Waals surface area (Å²) >= 11 is 9.36. The van der Waals surface area contributed by atoms with Crippen LogP contribution in [0.15, 0.2) is 40.9 Å². The maximum Gasteiger partial charge on any atom is 0.271 e. The Morgan fingerprint density at radius 1 is 1.30 bits per heavy atom. The van der Waals surface area contributed by atoms with Crippen molar-refractivity contribution >= 4 is 38.9 Å².